The molecule has 0 aliphatic heterocycles. The molecule has 0 unspecified atom stereocenters. The number of nitrogens with zero attached hydrogens (tertiary/aromatic N) is 2. The van der Waals surface area contributed by atoms with E-state index < -0.39 is 0 Å². The smallest absolute Gasteiger partial charge is 0.285 e. The summed E-state index contributed by atoms with van der Waals surface area (Å²) in [6.07, 6.45) is 4.12. The van der Waals surface area contributed by atoms with Crippen LogP contribution in [-0.4, -0.2) is 15.7 Å². The van der Waals surface area contributed by atoms with E-state index in [1.807, 2.05) is 16.3 Å². The first kappa shape index (κ1) is 7.30. The molecule has 12 heavy (non-hydrogen) atoms. The Labute approximate surface area is 69.5 Å². The van der Waals surface area contributed by atoms with Gasteiger partial charge in [-0.1, -0.05) is 0 Å². The zero-order valence-corrected chi connectivity index (χ0v) is 6.53. The Kier molecular flexibility index (Phi) is 1.58. The summed E-state index contributed by atoms with van der Waals surface area (Å²) >= 11 is 0. The SMILES string of the molecule is NNC(=O)c1ccn(C2CC2)n1. The maximum Gasteiger partial charge on any atom is 0.285 e. The number of carbonyl (C=O) groups is 1. The molecular weight excluding hydrogens is 156 g/mol. The van der Waals surface area contributed by atoms with Crippen LogP contribution < -0.4 is 11.3 Å². The lowest BCUT2D eigenvalue weighted by Crippen LogP contribution is -2.30. The van der Waals surface area contributed by atoms with Crippen LogP contribution in [0.3, 0.4) is 0 Å². The Bertz CT molecular complexity index is 302. The number of hydrazine groups is 1. The fourth-order valence-electron chi connectivity index (χ4n) is 1.08. The van der Waals surface area contributed by atoms with Gasteiger partial charge in [0.2, 0.25) is 0 Å². The number of nitrogens with one attached hydrogen (secondary N) is 1. The third-order valence-corrected chi connectivity index (χ3v) is 1.89. The van der Waals surface area contributed by atoms with Crippen molar-refractivity contribution in [3.05, 3.63) is 18.0 Å². The molecule has 0 aromatic carbocycles. The highest BCUT2D eigenvalue weighted by atomic mass is 16.2. The lowest BCUT2D eigenvalue weighted by Gasteiger charge is -1.95. The number of nitrogens with two attached hydrogens (primary N) is 1. The van der Waals surface area contributed by atoms with E-state index in [1.165, 1.54) is 0 Å². The average Bonchev–Trinajstić information content (AvgIpc) is 2.83. The fourth-order valence-corrected chi connectivity index (χ4v) is 1.08. The Morgan fingerprint density at radius 3 is 3.08 bits per heavy atom. The minimum absolute atomic E-state index is 0.339. The second-order valence-electron chi connectivity index (χ2n) is 2.89. The first-order chi connectivity index (χ1) is 5.81. The Balaban J connectivity index is 2.17. The molecule has 2 rings (SSSR count). The van der Waals surface area contributed by atoms with Gasteiger partial charge >= 0.3 is 0 Å². The molecule has 1 aromatic heterocycles. The molecule has 1 amide bonds. The van der Waals surface area contributed by atoms with Gasteiger partial charge in [-0.15, -0.1) is 0 Å². The number of aromatic nitrogens is 2. The number of hydrogen-bond acceptors (Lipinski definition) is 3. The van der Waals surface area contributed by atoms with Gasteiger partial charge in [0.05, 0.1) is 6.04 Å². The normalized spacial score (nSPS) is 16.1. The van der Waals surface area contributed by atoms with E-state index in [2.05, 4.69) is 5.10 Å². The number of carbonyl (C=O) groups excluding carboxylic acids is 1. The van der Waals surface area contributed by atoms with E-state index in [9.17, 15) is 4.79 Å². The summed E-state index contributed by atoms with van der Waals surface area (Å²) in [4.78, 5) is 11.0. The van der Waals surface area contributed by atoms with Crippen molar-refractivity contribution in [2.24, 2.45) is 5.84 Å². The van der Waals surface area contributed by atoms with E-state index in [4.69, 9.17) is 5.84 Å². The van der Waals surface area contributed by atoms with Crippen molar-refractivity contribution in [3.63, 3.8) is 0 Å². The number of hydrogen-bond donors (Lipinski definition) is 2. The molecule has 64 valence electrons. The quantitative estimate of drug-likeness (QED) is 0.363. The standard InChI is InChI=1S/C7H10N4O/c8-9-7(12)6-3-4-11(10-6)5-1-2-5/h3-5H,1-2,8H2,(H,9,12). The van der Waals surface area contributed by atoms with Gasteiger partial charge in [-0.2, -0.15) is 5.10 Å². The number of amides is 1. The van der Waals surface area contributed by atoms with E-state index in [0.29, 0.717) is 11.7 Å². The third-order valence-electron chi connectivity index (χ3n) is 1.89. The van der Waals surface area contributed by atoms with Crippen LogP contribution in [-0.2, 0) is 0 Å². The second kappa shape index (κ2) is 2.60. The van der Waals surface area contributed by atoms with E-state index in [1.54, 1.807) is 6.07 Å². The lowest BCUT2D eigenvalue weighted by atomic mass is 10.4. The average molecular weight is 166 g/mol. The maximum atomic E-state index is 11.0. The molecule has 1 fully saturated rings. The Morgan fingerprint density at radius 2 is 2.50 bits per heavy atom. The van der Waals surface area contributed by atoms with Gasteiger partial charge in [0.15, 0.2) is 5.69 Å². The summed E-state index contributed by atoms with van der Waals surface area (Å²) in [5.41, 5.74) is 2.42. The van der Waals surface area contributed by atoms with Gasteiger partial charge in [-0.05, 0) is 18.9 Å². The van der Waals surface area contributed by atoms with Crippen LogP contribution in [0.4, 0.5) is 0 Å². The van der Waals surface area contributed by atoms with Crippen LogP contribution in [0.2, 0.25) is 0 Å². The van der Waals surface area contributed by atoms with Gasteiger partial charge in [-0.3, -0.25) is 14.9 Å². The van der Waals surface area contributed by atoms with Crippen molar-refractivity contribution in [3.8, 4) is 0 Å². The van der Waals surface area contributed by atoms with Crippen molar-refractivity contribution in [1.29, 1.82) is 0 Å². The van der Waals surface area contributed by atoms with Gasteiger partial charge in [0.1, 0.15) is 0 Å². The van der Waals surface area contributed by atoms with Crippen molar-refractivity contribution in [2.45, 2.75) is 18.9 Å². The minimum atomic E-state index is -0.339. The van der Waals surface area contributed by atoms with Crippen molar-refractivity contribution < 1.29 is 4.79 Å². The Morgan fingerprint density at radius 1 is 1.75 bits per heavy atom. The summed E-state index contributed by atoms with van der Waals surface area (Å²) in [6, 6.07) is 2.17. The summed E-state index contributed by atoms with van der Waals surface area (Å²) in [5.74, 6) is 4.62. The molecule has 5 nitrogen and oxygen atoms in total. The van der Waals surface area contributed by atoms with E-state index in [0.717, 1.165) is 12.8 Å². The molecule has 1 saturated carbocycles. The number of rotatable bonds is 2. The molecule has 5 heteroatoms. The first-order valence-electron chi connectivity index (χ1n) is 3.87. The summed E-state index contributed by atoms with van der Waals surface area (Å²) in [6.45, 7) is 0. The summed E-state index contributed by atoms with van der Waals surface area (Å²) in [5, 5.41) is 4.07. The second-order valence-corrected chi connectivity index (χ2v) is 2.89. The first-order valence-corrected chi connectivity index (χ1v) is 3.87. The zero-order chi connectivity index (χ0) is 8.55. The Hall–Kier alpha value is -1.36. The molecule has 3 N–H and O–H groups in total. The lowest BCUT2D eigenvalue weighted by molar-refractivity contribution is 0.0948. The minimum Gasteiger partial charge on any atom is -0.289 e. The molecule has 1 aliphatic rings. The van der Waals surface area contributed by atoms with Gasteiger partial charge in [-0.25, -0.2) is 5.84 Å². The third kappa shape index (κ3) is 1.18. The highest BCUT2D eigenvalue weighted by Crippen LogP contribution is 2.33. The molecule has 0 spiro atoms. The maximum absolute atomic E-state index is 11.0. The number of nitrogen functional groups attached to an aromatic ring is 1. The molecular formula is C7H10N4O. The predicted octanol–water partition coefficient (Wildman–Crippen LogP) is -0.179. The van der Waals surface area contributed by atoms with Gasteiger partial charge < -0.3 is 0 Å². The summed E-state index contributed by atoms with van der Waals surface area (Å²) in [7, 11) is 0. The van der Waals surface area contributed by atoms with Gasteiger partial charge in [0.25, 0.3) is 5.91 Å². The largest absolute Gasteiger partial charge is 0.289 e. The fraction of sp³-hybridized carbons (Fsp3) is 0.429. The highest BCUT2D eigenvalue weighted by molar-refractivity contribution is 5.91. The molecule has 1 aliphatic carbocycles. The molecule has 0 radical (unpaired) electrons. The summed E-state index contributed by atoms with van der Waals surface area (Å²) < 4.78 is 1.81. The van der Waals surface area contributed by atoms with Crippen LogP contribution in [0.5, 0.6) is 0 Å². The zero-order valence-electron chi connectivity index (χ0n) is 6.53. The molecule has 0 atom stereocenters. The topological polar surface area (TPSA) is 72.9 Å². The van der Waals surface area contributed by atoms with Crippen LogP contribution in [0.1, 0.15) is 29.4 Å². The van der Waals surface area contributed by atoms with Crippen molar-refractivity contribution >= 4 is 5.91 Å². The van der Waals surface area contributed by atoms with Crippen LogP contribution >= 0.6 is 0 Å². The van der Waals surface area contributed by atoms with E-state index >= 15 is 0 Å². The predicted molar refractivity (Wildman–Crippen MR) is 42.2 cm³/mol. The highest BCUT2D eigenvalue weighted by Gasteiger charge is 2.24. The van der Waals surface area contributed by atoms with E-state index in [-0.39, 0.29) is 5.91 Å². The van der Waals surface area contributed by atoms with Gasteiger partial charge in [0, 0.05) is 6.20 Å². The van der Waals surface area contributed by atoms with Crippen molar-refractivity contribution in [2.75, 3.05) is 0 Å². The van der Waals surface area contributed by atoms with Crippen LogP contribution in [0, 0.1) is 0 Å². The van der Waals surface area contributed by atoms with Crippen LogP contribution in [0.25, 0.3) is 0 Å². The molecule has 0 saturated heterocycles. The molecule has 1 aromatic rings. The van der Waals surface area contributed by atoms with Crippen molar-refractivity contribution in [1.82, 2.24) is 15.2 Å². The monoisotopic (exact) mass is 166 g/mol. The van der Waals surface area contributed by atoms with Crippen LogP contribution in [0.15, 0.2) is 12.3 Å². The molecule has 0 bridgehead atoms. The molecule has 1 heterocycles.